The Hall–Kier alpha value is -2.48. The molecule has 0 bridgehead atoms. The van der Waals surface area contributed by atoms with Gasteiger partial charge in [0, 0.05) is 30.5 Å². The van der Waals surface area contributed by atoms with Crippen molar-refractivity contribution in [1.29, 1.82) is 0 Å². The van der Waals surface area contributed by atoms with Crippen LogP contribution in [0.4, 0.5) is 0 Å². The summed E-state index contributed by atoms with van der Waals surface area (Å²) in [6.07, 6.45) is 0. The van der Waals surface area contributed by atoms with Crippen LogP contribution < -0.4 is 10.6 Å². The molecule has 0 spiro atoms. The van der Waals surface area contributed by atoms with Gasteiger partial charge in [0.2, 0.25) is 0 Å². The molecule has 2 heterocycles. The molecule has 1 aromatic heterocycles. The third-order valence-electron chi connectivity index (χ3n) is 4.28. The molecule has 1 saturated heterocycles. The molecule has 2 aliphatic rings. The molecule has 2 unspecified atom stereocenters. The van der Waals surface area contributed by atoms with E-state index >= 15 is 0 Å². The summed E-state index contributed by atoms with van der Waals surface area (Å²) < 4.78 is 10.2. The second-order valence-electron chi connectivity index (χ2n) is 5.79. The van der Waals surface area contributed by atoms with Crippen molar-refractivity contribution in [3.8, 4) is 0 Å². The lowest BCUT2D eigenvalue weighted by Gasteiger charge is -2.10. The first-order valence-corrected chi connectivity index (χ1v) is 7.85. The number of carbonyl (C=O) groups is 3. The first-order valence-electron chi connectivity index (χ1n) is 7.85. The fraction of sp³-hybridized carbons (Fsp3) is 0.500. The van der Waals surface area contributed by atoms with E-state index in [0.717, 1.165) is 0 Å². The predicted octanol–water partition coefficient (Wildman–Crippen LogP) is -0.00750. The van der Waals surface area contributed by atoms with E-state index in [0.29, 0.717) is 25.0 Å². The number of carbonyl (C=O) groups excluding carboxylic acids is 3. The van der Waals surface area contributed by atoms with E-state index < -0.39 is 11.9 Å². The van der Waals surface area contributed by atoms with Crippen LogP contribution in [0, 0.1) is 11.8 Å². The van der Waals surface area contributed by atoms with Gasteiger partial charge in [-0.2, -0.15) is 0 Å². The third kappa shape index (κ3) is 3.09. The highest BCUT2D eigenvalue weighted by atomic mass is 16.5. The van der Waals surface area contributed by atoms with Gasteiger partial charge < -0.3 is 20.1 Å². The molecular formula is C16H19N3O5. The topological polar surface area (TPSA) is 107 Å². The van der Waals surface area contributed by atoms with E-state index in [9.17, 15) is 14.4 Å². The highest BCUT2D eigenvalue weighted by molar-refractivity contribution is 6.01. The van der Waals surface area contributed by atoms with Crippen molar-refractivity contribution in [3.05, 3.63) is 29.1 Å². The fourth-order valence-electron chi connectivity index (χ4n) is 2.90. The molecule has 3 rings (SSSR count). The molecule has 3 atom stereocenters. The van der Waals surface area contributed by atoms with Crippen LogP contribution in [0.15, 0.2) is 12.1 Å². The molecular weight excluding hydrogens is 314 g/mol. The summed E-state index contributed by atoms with van der Waals surface area (Å²) >= 11 is 0. The van der Waals surface area contributed by atoms with Gasteiger partial charge in [0.25, 0.3) is 11.8 Å². The first-order chi connectivity index (χ1) is 11.5. The Balaban J connectivity index is 1.82. The lowest BCUT2D eigenvalue weighted by atomic mass is 10.1. The second-order valence-corrected chi connectivity index (χ2v) is 5.79. The van der Waals surface area contributed by atoms with E-state index in [1.54, 1.807) is 6.92 Å². The van der Waals surface area contributed by atoms with Gasteiger partial charge in [-0.05, 0) is 19.1 Å². The highest BCUT2D eigenvalue weighted by Gasteiger charge is 2.54. The lowest BCUT2D eigenvalue weighted by molar-refractivity contribution is 0.0519. The minimum absolute atomic E-state index is 0.00692. The van der Waals surface area contributed by atoms with Crippen molar-refractivity contribution >= 4 is 17.8 Å². The molecule has 2 fully saturated rings. The lowest BCUT2D eigenvalue weighted by Crippen LogP contribution is -2.31. The number of pyridine rings is 1. The van der Waals surface area contributed by atoms with Crippen molar-refractivity contribution in [2.24, 2.45) is 11.8 Å². The predicted molar refractivity (Wildman–Crippen MR) is 82.6 cm³/mol. The van der Waals surface area contributed by atoms with Crippen LogP contribution in [-0.2, 0) is 9.47 Å². The van der Waals surface area contributed by atoms with Gasteiger partial charge in [0.05, 0.1) is 19.8 Å². The van der Waals surface area contributed by atoms with E-state index in [-0.39, 0.29) is 35.5 Å². The number of hydrogen-bond donors (Lipinski definition) is 2. The van der Waals surface area contributed by atoms with Gasteiger partial charge in [-0.1, -0.05) is 0 Å². The average molecular weight is 333 g/mol. The van der Waals surface area contributed by atoms with Crippen molar-refractivity contribution < 1.29 is 23.9 Å². The quantitative estimate of drug-likeness (QED) is 0.734. The van der Waals surface area contributed by atoms with Crippen molar-refractivity contribution in [2.45, 2.75) is 13.0 Å². The average Bonchev–Trinajstić information content (AvgIpc) is 3.01. The molecule has 0 aromatic carbocycles. The van der Waals surface area contributed by atoms with Gasteiger partial charge >= 0.3 is 5.97 Å². The molecule has 8 nitrogen and oxygen atoms in total. The Labute approximate surface area is 138 Å². The Morgan fingerprint density at radius 3 is 2.50 bits per heavy atom. The number of fused-ring (bicyclic) bond motifs is 1. The number of esters is 1. The summed E-state index contributed by atoms with van der Waals surface area (Å²) in [5, 5.41) is 5.35. The molecule has 1 aromatic rings. The SMILES string of the molecule is CCOC(=O)c1cc(C(=O)NC2C3COC[C@@H]32)cc(C(=O)NC)n1. The molecule has 24 heavy (non-hydrogen) atoms. The van der Waals surface area contributed by atoms with Crippen LogP contribution in [0.3, 0.4) is 0 Å². The van der Waals surface area contributed by atoms with Crippen LogP contribution in [0.25, 0.3) is 0 Å². The largest absolute Gasteiger partial charge is 0.461 e. The number of rotatable bonds is 5. The molecule has 1 aliphatic heterocycles. The Bertz CT molecular complexity index is 680. The highest BCUT2D eigenvalue weighted by Crippen LogP contribution is 2.44. The van der Waals surface area contributed by atoms with Crippen LogP contribution in [0.5, 0.6) is 0 Å². The van der Waals surface area contributed by atoms with Crippen molar-refractivity contribution in [1.82, 2.24) is 15.6 Å². The summed E-state index contributed by atoms with van der Waals surface area (Å²) in [5.74, 6) is -0.772. The van der Waals surface area contributed by atoms with Crippen molar-refractivity contribution in [2.75, 3.05) is 26.9 Å². The summed E-state index contributed by atoms with van der Waals surface area (Å²) in [5.41, 5.74) is 0.132. The first kappa shape index (κ1) is 16.4. The fourth-order valence-corrected chi connectivity index (χ4v) is 2.90. The smallest absolute Gasteiger partial charge is 0.356 e. The van der Waals surface area contributed by atoms with Gasteiger partial charge in [0.1, 0.15) is 11.4 Å². The number of aromatic nitrogens is 1. The Morgan fingerprint density at radius 2 is 1.88 bits per heavy atom. The normalized spacial score (nSPS) is 24.0. The van der Waals surface area contributed by atoms with E-state index in [1.807, 2.05) is 0 Å². The number of amides is 2. The zero-order chi connectivity index (χ0) is 17.3. The number of nitrogens with one attached hydrogen (secondary N) is 2. The maximum atomic E-state index is 12.5. The standard InChI is InChI=1S/C16H19N3O5/c1-3-24-16(22)12-5-8(4-11(18-12)15(21)17-2)14(20)19-13-9-6-23-7-10(9)13/h4-5,9-10,13H,3,6-7H2,1-2H3,(H,17,21)(H,19,20)/t9-,10?,13?/m0/s1. The summed E-state index contributed by atoms with van der Waals surface area (Å²) in [6.45, 7) is 3.16. The van der Waals surface area contributed by atoms with Crippen LogP contribution in [-0.4, -0.2) is 55.7 Å². The molecule has 1 saturated carbocycles. The summed E-state index contributed by atoms with van der Waals surface area (Å²) in [6, 6.07) is 2.80. The number of ether oxygens (including phenoxy) is 2. The van der Waals surface area contributed by atoms with Gasteiger partial charge in [0.15, 0.2) is 0 Å². The number of nitrogens with zero attached hydrogens (tertiary/aromatic N) is 1. The second kappa shape index (κ2) is 6.56. The Kier molecular flexibility index (Phi) is 4.48. The zero-order valence-electron chi connectivity index (χ0n) is 13.5. The molecule has 2 N–H and O–H groups in total. The minimum Gasteiger partial charge on any atom is -0.461 e. The van der Waals surface area contributed by atoms with Crippen LogP contribution in [0.2, 0.25) is 0 Å². The molecule has 128 valence electrons. The Morgan fingerprint density at radius 1 is 1.21 bits per heavy atom. The monoisotopic (exact) mass is 333 g/mol. The summed E-state index contributed by atoms with van der Waals surface area (Å²) in [7, 11) is 1.45. The molecule has 0 radical (unpaired) electrons. The molecule has 8 heteroatoms. The summed E-state index contributed by atoms with van der Waals surface area (Å²) in [4.78, 5) is 40.2. The third-order valence-corrected chi connectivity index (χ3v) is 4.28. The van der Waals surface area contributed by atoms with E-state index in [2.05, 4.69) is 15.6 Å². The van der Waals surface area contributed by atoms with Crippen molar-refractivity contribution in [3.63, 3.8) is 0 Å². The van der Waals surface area contributed by atoms with Gasteiger partial charge in [-0.15, -0.1) is 0 Å². The van der Waals surface area contributed by atoms with Crippen LogP contribution in [0.1, 0.15) is 38.3 Å². The minimum atomic E-state index is -0.672. The maximum Gasteiger partial charge on any atom is 0.356 e. The number of hydrogen-bond acceptors (Lipinski definition) is 6. The van der Waals surface area contributed by atoms with Gasteiger partial charge in [-0.3, -0.25) is 9.59 Å². The van der Waals surface area contributed by atoms with Gasteiger partial charge in [-0.25, -0.2) is 9.78 Å². The molecule has 2 amide bonds. The zero-order valence-corrected chi connectivity index (χ0v) is 13.5. The van der Waals surface area contributed by atoms with E-state index in [1.165, 1.54) is 19.2 Å². The van der Waals surface area contributed by atoms with E-state index in [4.69, 9.17) is 9.47 Å². The maximum absolute atomic E-state index is 12.5. The molecule has 1 aliphatic carbocycles. The van der Waals surface area contributed by atoms with Crippen LogP contribution >= 0.6 is 0 Å².